The summed E-state index contributed by atoms with van der Waals surface area (Å²) in [5, 5.41) is 0. The standard InChI is InChI=1S/C17H18N2O4S2/c1-11-5-7-14(23-4)16(9-11)25(21,22)19(3)12-6-8-15-13(10-12)18(2)17(20)24-15/h5-10H,1-4H3. The maximum absolute atomic E-state index is 13.1. The van der Waals surface area contributed by atoms with Crippen molar-refractivity contribution in [1.29, 1.82) is 0 Å². The largest absolute Gasteiger partial charge is 0.495 e. The topological polar surface area (TPSA) is 68.6 Å². The van der Waals surface area contributed by atoms with Gasteiger partial charge in [0, 0.05) is 14.1 Å². The minimum Gasteiger partial charge on any atom is -0.495 e. The van der Waals surface area contributed by atoms with Crippen LogP contribution < -0.4 is 13.9 Å². The van der Waals surface area contributed by atoms with E-state index in [0.29, 0.717) is 17.0 Å². The first-order valence-electron chi connectivity index (χ1n) is 7.49. The van der Waals surface area contributed by atoms with Crippen molar-refractivity contribution in [3.05, 3.63) is 51.6 Å². The SMILES string of the molecule is COc1ccc(C)cc1S(=O)(=O)N(C)c1ccc2sc(=O)n(C)c2c1. The molecular formula is C17H18N2O4S2. The highest BCUT2D eigenvalue weighted by Gasteiger charge is 2.26. The molecule has 0 aliphatic heterocycles. The van der Waals surface area contributed by atoms with Crippen LogP contribution in [0.4, 0.5) is 5.69 Å². The molecule has 0 saturated carbocycles. The van der Waals surface area contributed by atoms with Crippen LogP contribution in [0, 0.1) is 6.92 Å². The summed E-state index contributed by atoms with van der Waals surface area (Å²) in [5.74, 6) is 0.293. The Morgan fingerprint density at radius 2 is 1.88 bits per heavy atom. The van der Waals surface area contributed by atoms with Crippen molar-refractivity contribution in [3.63, 3.8) is 0 Å². The molecule has 0 bridgehead atoms. The molecule has 0 radical (unpaired) electrons. The van der Waals surface area contributed by atoms with Crippen molar-refractivity contribution in [3.8, 4) is 5.75 Å². The summed E-state index contributed by atoms with van der Waals surface area (Å²) < 4.78 is 34.9. The molecule has 3 aromatic rings. The Balaban J connectivity index is 2.14. The number of hydrogen-bond donors (Lipinski definition) is 0. The summed E-state index contributed by atoms with van der Waals surface area (Å²) in [5.41, 5.74) is 2.00. The van der Waals surface area contributed by atoms with E-state index in [2.05, 4.69) is 0 Å². The number of aryl methyl sites for hydroxylation is 2. The molecule has 132 valence electrons. The van der Waals surface area contributed by atoms with Crippen LogP contribution in [0.2, 0.25) is 0 Å². The van der Waals surface area contributed by atoms with E-state index in [-0.39, 0.29) is 9.77 Å². The number of anilines is 1. The summed E-state index contributed by atoms with van der Waals surface area (Å²) in [7, 11) is 0.792. The Hall–Kier alpha value is -2.32. The van der Waals surface area contributed by atoms with Gasteiger partial charge in [-0.3, -0.25) is 9.10 Å². The number of fused-ring (bicyclic) bond motifs is 1. The fraction of sp³-hybridized carbons (Fsp3) is 0.235. The maximum Gasteiger partial charge on any atom is 0.307 e. The molecule has 0 aliphatic carbocycles. The Morgan fingerprint density at radius 3 is 2.56 bits per heavy atom. The quantitative estimate of drug-likeness (QED) is 0.700. The second kappa shape index (κ2) is 6.20. The van der Waals surface area contributed by atoms with Gasteiger partial charge in [0.05, 0.1) is 23.0 Å². The minimum atomic E-state index is -3.81. The molecule has 0 N–H and O–H groups in total. The fourth-order valence-corrected chi connectivity index (χ4v) is 4.87. The number of ether oxygens (including phenoxy) is 1. The third kappa shape index (κ3) is 2.91. The van der Waals surface area contributed by atoms with Gasteiger partial charge in [0.15, 0.2) is 0 Å². The van der Waals surface area contributed by atoms with Crippen LogP contribution in [-0.4, -0.2) is 27.1 Å². The van der Waals surface area contributed by atoms with Gasteiger partial charge in [0.1, 0.15) is 10.6 Å². The van der Waals surface area contributed by atoms with E-state index < -0.39 is 10.0 Å². The van der Waals surface area contributed by atoms with Gasteiger partial charge in [-0.05, 0) is 42.8 Å². The Morgan fingerprint density at radius 1 is 1.16 bits per heavy atom. The van der Waals surface area contributed by atoms with E-state index in [0.717, 1.165) is 21.6 Å². The highest BCUT2D eigenvalue weighted by atomic mass is 32.2. The predicted octanol–water partition coefficient (Wildman–Crippen LogP) is 2.74. The third-order valence-corrected chi connectivity index (χ3v) is 6.92. The Kier molecular flexibility index (Phi) is 4.34. The molecule has 0 saturated heterocycles. The molecule has 6 nitrogen and oxygen atoms in total. The van der Waals surface area contributed by atoms with E-state index in [4.69, 9.17) is 4.74 Å². The normalized spacial score (nSPS) is 11.7. The molecule has 0 aliphatic rings. The summed E-state index contributed by atoms with van der Waals surface area (Å²) in [4.78, 5) is 11.8. The molecule has 25 heavy (non-hydrogen) atoms. The van der Waals surface area contributed by atoms with Crippen LogP contribution in [0.5, 0.6) is 5.75 Å². The summed E-state index contributed by atoms with van der Waals surface area (Å²) in [6.07, 6.45) is 0. The Labute approximate surface area is 149 Å². The first kappa shape index (κ1) is 17.5. The number of nitrogens with zero attached hydrogens (tertiary/aromatic N) is 2. The third-order valence-electron chi connectivity index (χ3n) is 4.10. The van der Waals surface area contributed by atoms with Gasteiger partial charge in [0.2, 0.25) is 0 Å². The lowest BCUT2D eigenvalue weighted by atomic mass is 10.2. The summed E-state index contributed by atoms with van der Waals surface area (Å²) >= 11 is 1.13. The predicted molar refractivity (Wildman–Crippen MR) is 100 cm³/mol. The molecule has 0 amide bonds. The average molecular weight is 378 g/mol. The average Bonchev–Trinajstić information content (AvgIpc) is 2.88. The van der Waals surface area contributed by atoms with Crippen LogP contribution >= 0.6 is 11.3 Å². The second-order valence-electron chi connectivity index (χ2n) is 5.71. The molecule has 0 atom stereocenters. The summed E-state index contributed by atoms with van der Waals surface area (Å²) in [6.45, 7) is 1.83. The highest BCUT2D eigenvalue weighted by molar-refractivity contribution is 7.92. The first-order valence-corrected chi connectivity index (χ1v) is 9.74. The van der Waals surface area contributed by atoms with Gasteiger partial charge < -0.3 is 9.30 Å². The van der Waals surface area contributed by atoms with Gasteiger partial charge in [0.25, 0.3) is 10.0 Å². The lowest BCUT2D eigenvalue weighted by molar-refractivity contribution is 0.402. The molecule has 0 unspecified atom stereocenters. The van der Waals surface area contributed by atoms with Crippen molar-refractivity contribution in [1.82, 2.24) is 4.57 Å². The zero-order chi connectivity index (χ0) is 18.4. The number of hydrogen-bond acceptors (Lipinski definition) is 5. The number of sulfonamides is 1. The number of benzene rings is 2. The zero-order valence-electron chi connectivity index (χ0n) is 14.3. The summed E-state index contributed by atoms with van der Waals surface area (Å²) in [6, 6.07) is 10.2. The van der Waals surface area contributed by atoms with Crippen LogP contribution in [0.3, 0.4) is 0 Å². The van der Waals surface area contributed by atoms with Gasteiger partial charge in [-0.2, -0.15) is 0 Å². The van der Waals surface area contributed by atoms with E-state index in [1.54, 1.807) is 43.4 Å². The monoisotopic (exact) mass is 378 g/mol. The van der Waals surface area contributed by atoms with Crippen LogP contribution in [0.1, 0.15) is 5.56 Å². The molecular weight excluding hydrogens is 360 g/mol. The van der Waals surface area contributed by atoms with E-state index in [1.165, 1.54) is 23.0 Å². The second-order valence-corrected chi connectivity index (χ2v) is 8.64. The van der Waals surface area contributed by atoms with Gasteiger partial charge in [-0.25, -0.2) is 8.42 Å². The first-order chi connectivity index (χ1) is 11.8. The zero-order valence-corrected chi connectivity index (χ0v) is 15.9. The van der Waals surface area contributed by atoms with Crippen molar-refractivity contribution >= 4 is 37.3 Å². The van der Waals surface area contributed by atoms with Gasteiger partial charge >= 0.3 is 4.87 Å². The van der Waals surface area contributed by atoms with Crippen molar-refractivity contribution in [2.45, 2.75) is 11.8 Å². The van der Waals surface area contributed by atoms with Gasteiger partial charge in [-0.15, -0.1) is 0 Å². The molecule has 0 spiro atoms. The highest BCUT2D eigenvalue weighted by Crippen LogP contribution is 2.31. The van der Waals surface area contributed by atoms with Crippen molar-refractivity contribution in [2.24, 2.45) is 7.05 Å². The van der Waals surface area contributed by atoms with E-state index in [1.807, 2.05) is 6.92 Å². The van der Waals surface area contributed by atoms with Crippen LogP contribution in [0.15, 0.2) is 46.1 Å². The Bertz CT molecular complexity index is 1110. The number of thiazole rings is 1. The molecule has 1 heterocycles. The van der Waals surface area contributed by atoms with Crippen molar-refractivity contribution < 1.29 is 13.2 Å². The van der Waals surface area contributed by atoms with E-state index in [9.17, 15) is 13.2 Å². The molecule has 0 fully saturated rings. The molecule has 3 rings (SSSR count). The van der Waals surface area contributed by atoms with E-state index >= 15 is 0 Å². The number of methoxy groups -OCH3 is 1. The van der Waals surface area contributed by atoms with Crippen LogP contribution in [0.25, 0.3) is 10.2 Å². The van der Waals surface area contributed by atoms with Crippen LogP contribution in [-0.2, 0) is 17.1 Å². The number of rotatable bonds is 4. The maximum atomic E-state index is 13.1. The van der Waals surface area contributed by atoms with Crippen molar-refractivity contribution in [2.75, 3.05) is 18.5 Å². The number of aromatic nitrogens is 1. The molecule has 8 heteroatoms. The smallest absolute Gasteiger partial charge is 0.307 e. The fourth-order valence-electron chi connectivity index (χ4n) is 2.58. The lowest BCUT2D eigenvalue weighted by Crippen LogP contribution is -2.27. The molecule has 1 aromatic heterocycles. The minimum absolute atomic E-state index is 0.0852. The van der Waals surface area contributed by atoms with Gasteiger partial charge in [-0.1, -0.05) is 17.4 Å². The molecule has 2 aromatic carbocycles. The lowest BCUT2D eigenvalue weighted by Gasteiger charge is -2.21.